The molecule has 3 aromatic rings. The highest BCUT2D eigenvalue weighted by atomic mass is 16.3. The van der Waals surface area contributed by atoms with E-state index in [2.05, 4.69) is 10.4 Å². The molecule has 1 atom stereocenters. The Labute approximate surface area is 140 Å². The summed E-state index contributed by atoms with van der Waals surface area (Å²) < 4.78 is 1.75. The van der Waals surface area contributed by atoms with E-state index in [-0.39, 0.29) is 0 Å². The van der Waals surface area contributed by atoms with Crippen LogP contribution in [0.15, 0.2) is 60.7 Å². The van der Waals surface area contributed by atoms with E-state index < -0.39 is 12.0 Å². The van der Waals surface area contributed by atoms with Crippen LogP contribution in [-0.4, -0.2) is 20.8 Å². The third-order valence-corrected chi connectivity index (χ3v) is 3.78. The SMILES string of the molecule is Cc1ccc(-n2nc(NC(=O)C(O)c3ccccc3)cc2C)cc1. The van der Waals surface area contributed by atoms with Gasteiger partial charge in [-0.15, -0.1) is 5.10 Å². The lowest BCUT2D eigenvalue weighted by Crippen LogP contribution is -2.21. The van der Waals surface area contributed by atoms with Gasteiger partial charge in [-0.2, -0.15) is 0 Å². The van der Waals surface area contributed by atoms with Crippen molar-refractivity contribution >= 4 is 11.7 Å². The molecule has 2 aromatic carbocycles. The number of hydrogen-bond acceptors (Lipinski definition) is 3. The number of nitrogens with one attached hydrogen (secondary N) is 1. The van der Waals surface area contributed by atoms with E-state index in [9.17, 15) is 9.90 Å². The highest BCUT2D eigenvalue weighted by Gasteiger charge is 2.18. The average Bonchev–Trinajstić information content (AvgIpc) is 2.96. The summed E-state index contributed by atoms with van der Waals surface area (Å²) in [5.74, 6) is -0.0946. The van der Waals surface area contributed by atoms with Crippen molar-refractivity contribution in [2.45, 2.75) is 20.0 Å². The number of aliphatic hydroxyl groups is 1. The van der Waals surface area contributed by atoms with Crippen LogP contribution in [0, 0.1) is 13.8 Å². The standard InChI is InChI=1S/C19H19N3O2/c1-13-8-10-16(11-9-13)22-14(2)12-17(21-22)20-19(24)18(23)15-6-4-3-5-7-15/h3-12,18,23H,1-2H3,(H,20,21,24). The van der Waals surface area contributed by atoms with Crippen LogP contribution in [-0.2, 0) is 4.79 Å². The van der Waals surface area contributed by atoms with Crippen LogP contribution in [0.4, 0.5) is 5.82 Å². The number of aromatic nitrogens is 2. The number of rotatable bonds is 4. The van der Waals surface area contributed by atoms with Crippen LogP contribution in [0.2, 0.25) is 0 Å². The normalized spacial score (nSPS) is 12.0. The third kappa shape index (κ3) is 3.36. The van der Waals surface area contributed by atoms with Gasteiger partial charge in [-0.1, -0.05) is 48.0 Å². The molecule has 0 fully saturated rings. The quantitative estimate of drug-likeness (QED) is 0.775. The molecule has 0 aliphatic rings. The van der Waals surface area contributed by atoms with Crippen LogP contribution in [0.5, 0.6) is 0 Å². The molecule has 0 spiro atoms. The predicted molar refractivity (Wildman–Crippen MR) is 93.1 cm³/mol. The van der Waals surface area contributed by atoms with Crippen LogP contribution < -0.4 is 5.32 Å². The Morgan fingerprint density at radius 1 is 1.08 bits per heavy atom. The van der Waals surface area contributed by atoms with Gasteiger partial charge in [-0.05, 0) is 31.5 Å². The molecule has 1 amide bonds. The minimum Gasteiger partial charge on any atom is -0.378 e. The zero-order valence-electron chi connectivity index (χ0n) is 13.6. The maximum Gasteiger partial charge on any atom is 0.259 e. The maximum absolute atomic E-state index is 12.2. The monoisotopic (exact) mass is 321 g/mol. The number of carbonyl (C=O) groups excluding carboxylic acids is 1. The number of amides is 1. The smallest absolute Gasteiger partial charge is 0.259 e. The van der Waals surface area contributed by atoms with Gasteiger partial charge >= 0.3 is 0 Å². The van der Waals surface area contributed by atoms with Crippen LogP contribution >= 0.6 is 0 Å². The zero-order chi connectivity index (χ0) is 17.1. The predicted octanol–water partition coefficient (Wildman–Crippen LogP) is 3.16. The summed E-state index contributed by atoms with van der Waals surface area (Å²) in [4.78, 5) is 12.2. The van der Waals surface area contributed by atoms with Crippen molar-refractivity contribution in [1.29, 1.82) is 0 Å². The topological polar surface area (TPSA) is 67.2 Å². The van der Waals surface area contributed by atoms with E-state index in [0.717, 1.165) is 11.4 Å². The minimum atomic E-state index is -1.23. The molecule has 0 aliphatic heterocycles. The molecule has 0 aliphatic carbocycles. The molecule has 1 heterocycles. The number of aliphatic hydroxyl groups excluding tert-OH is 1. The summed E-state index contributed by atoms with van der Waals surface area (Å²) >= 11 is 0. The van der Waals surface area contributed by atoms with Gasteiger partial charge in [0.15, 0.2) is 11.9 Å². The summed E-state index contributed by atoms with van der Waals surface area (Å²) in [6.07, 6.45) is -1.23. The maximum atomic E-state index is 12.2. The lowest BCUT2D eigenvalue weighted by molar-refractivity contribution is -0.124. The van der Waals surface area contributed by atoms with Gasteiger partial charge in [0, 0.05) is 11.8 Å². The number of nitrogens with zero attached hydrogens (tertiary/aromatic N) is 2. The van der Waals surface area contributed by atoms with E-state index in [1.54, 1.807) is 35.0 Å². The summed E-state index contributed by atoms with van der Waals surface area (Å²) in [7, 11) is 0. The molecular weight excluding hydrogens is 302 g/mol. The molecule has 1 unspecified atom stereocenters. The lowest BCUT2D eigenvalue weighted by Gasteiger charge is -2.10. The van der Waals surface area contributed by atoms with Gasteiger partial charge in [-0.25, -0.2) is 4.68 Å². The van der Waals surface area contributed by atoms with Crippen molar-refractivity contribution in [1.82, 2.24) is 9.78 Å². The van der Waals surface area contributed by atoms with E-state index >= 15 is 0 Å². The van der Waals surface area contributed by atoms with E-state index in [0.29, 0.717) is 11.4 Å². The molecule has 0 bridgehead atoms. The second kappa shape index (κ2) is 6.68. The molecule has 1 aromatic heterocycles. The number of aryl methyl sites for hydroxylation is 2. The Morgan fingerprint density at radius 3 is 2.42 bits per heavy atom. The third-order valence-electron chi connectivity index (χ3n) is 3.78. The Balaban J connectivity index is 1.78. The summed E-state index contributed by atoms with van der Waals surface area (Å²) in [6, 6.07) is 18.5. The Hall–Kier alpha value is -2.92. The molecule has 24 heavy (non-hydrogen) atoms. The molecule has 3 rings (SSSR count). The van der Waals surface area contributed by atoms with E-state index in [1.807, 2.05) is 44.2 Å². The first kappa shape index (κ1) is 16.0. The highest BCUT2D eigenvalue weighted by Crippen LogP contribution is 2.18. The fraction of sp³-hybridized carbons (Fsp3) is 0.158. The molecule has 0 saturated carbocycles. The molecule has 2 N–H and O–H groups in total. The fourth-order valence-electron chi connectivity index (χ4n) is 2.46. The van der Waals surface area contributed by atoms with Crippen LogP contribution in [0.3, 0.4) is 0 Å². The van der Waals surface area contributed by atoms with Gasteiger partial charge < -0.3 is 10.4 Å². The molecule has 0 radical (unpaired) electrons. The summed E-state index contributed by atoms with van der Waals surface area (Å²) in [5.41, 5.74) is 3.53. The summed E-state index contributed by atoms with van der Waals surface area (Å²) in [5, 5.41) is 17.2. The number of carbonyl (C=O) groups is 1. The number of hydrogen-bond donors (Lipinski definition) is 2. The Kier molecular flexibility index (Phi) is 4.44. The van der Waals surface area contributed by atoms with Crippen molar-refractivity contribution in [2.24, 2.45) is 0 Å². The van der Waals surface area contributed by atoms with Gasteiger partial charge in [0.05, 0.1) is 5.69 Å². The molecular formula is C19H19N3O2. The molecule has 0 saturated heterocycles. The van der Waals surface area contributed by atoms with Gasteiger partial charge in [0.1, 0.15) is 0 Å². The van der Waals surface area contributed by atoms with E-state index in [1.165, 1.54) is 5.56 Å². The van der Waals surface area contributed by atoms with Crippen LogP contribution in [0.1, 0.15) is 22.9 Å². The van der Waals surface area contributed by atoms with Gasteiger partial charge in [0.25, 0.3) is 5.91 Å². The largest absolute Gasteiger partial charge is 0.378 e. The number of benzene rings is 2. The van der Waals surface area contributed by atoms with Gasteiger partial charge in [0.2, 0.25) is 0 Å². The first-order valence-corrected chi connectivity index (χ1v) is 7.72. The first-order chi connectivity index (χ1) is 11.5. The van der Waals surface area contributed by atoms with Crippen molar-refractivity contribution in [3.05, 3.63) is 77.5 Å². The second-order valence-corrected chi connectivity index (χ2v) is 5.72. The van der Waals surface area contributed by atoms with Crippen molar-refractivity contribution < 1.29 is 9.90 Å². The second-order valence-electron chi connectivity index (χ2n) is 5.72. The first-order valence-electron chi connectivity index (χ1n) is 7.72. The molecule has 122 valence electrons. The van der Waals surface area contributed by atoms with Gasteiger partial charge in [-0.3, -0.25) is 4.79 Å². The fourth-order valence-corrected chi connectivity index (χ4v) is 2.46. The Morgan fingerprint density at radius 2 is 1.75 bits per heavy atom. The molecule has 5 heteroatoms. The van der Waals surface area contributed by atoms with Crippen LogP contribution in [0.25, 0.3) is 5.69 Å². The van der Waals surface area contributed by atoms with E-state index in [4.69, 9.17) is 0 Å². The lowest BCUT2D eigenvalue weighted by atomic mass is 10.1. The average molecular weight is 321 g/mol. The highest BCUT2D eigenvalue weighted by molar-refractivity contribution is 5.93. The Bertz CT molecular complexity index is 839. The van der Waals surface area contributed by atoms with Crippen molar-refractivity contribution in [3.8, 4) is 5.69 Å². The van der Waals surface area contributed by atoms with Crippen molar-refractivity contribution in [3.63, 3.8) is 0 Å². The zero-order valence-corrected chi connectivity index (χ0v) is 13.6. The summed E-state index contributed by atoms with van der Waals surface area (Å²) in [6.45, 7) is 3.94. The van der Waals surface area contributed by atoms with Crippen molar-refractivity contribution in [2.75, 3.05) is 5.32 Å². The number of anilines is 1. The molecule has 5 nitrogen and oxygen atoms in total. The minimum absolute atomic E-state index is 0.410.